The van der Waals surface area contributed by atoms with Crippen molar-refractivity contribution in [2.24, 2.45) is 0 Å². The molecular formula is C23H23FN2O4S. The van der Waals surface area contributed by atoms with Gasteiger partial charge in [0.15, 0.2) is 0 Å². The van der Waals surface area contributed by atoms with E-state index in [1.807, 2.05) is 12.1 Å². The molecule has 0 aliphatic carbocycles. The third kappa shape index (κ3) is 4.25. The summed E-state index contributed by atoms with van der Waals surface area (Å²) in [5.74, 6) is 0.362. The monoisotopic (exact) mass is 442 g/mol. The maximum Gasteiger partial charge on any atom is 0.293 e. The fourth-order valence-electron chi connectivity index (χ4n) is 3.80. The predicted octanol–water partition coefficient (Wildman–Crippen LogP) is 4.68. The van der Waals surface area contributed by atoms with E-state index in [1.165, 1.54) is 6.07 Å². The van der Waals surface area contributed by atoms with Gasteiger partial charge in [0.05, 0.1) is 31.4 Å². The Labute approximate surface area is 184 Å². The molecule has 2 saturated heterocycles. The van der Waals surface area contributed by atoms with Crippen LogP contribution in [0.1, 0.15) is 24.0 Å². The summed E-state index contributed by atoms with van der Waals surface area (Å²) in [6.07, 6.45) is 3.88. The summed E-state index contributed by atoms with van der Waals surface area (Å²) in [6, 6.07) is 9.83. The normalized spacial score (nSPS) is 17.7. The lowest BCUT2D eigenvalue weighted by atomic mass is 10.1. The summed E-state index contributed by atoms with van der Waals surface area (Å²) in [5, 5.41) is -0.431. The number of hydrogen-bond acceptors (Lipinski definition) is 6. The van der Waals surface area contributed by atoms with Gasteiger partial charge in [0.2, 0.25) is 0 Å². The second-order valence-electron chi connectivity index (χ2n) is 7.32. The number of thioether (sulfide) groups is 1. The Hall–Kier alpha value is -3.00. The molecule has 2 aliphatic heterocycles. The van der Waals surface area contributed by atoms with Gasteiger partial charge < -0.3 is 14.4 Å². The van der Waals surface area contributed by atoms with Crippen molar-refractivity contribution in [3.05, 3.63) is 58.2 Å². The summed E-state index contributed by atoms with van der Waals surface area (Å²) in [5.41, 5.74) is 1.88. The van der Waals surface area contributed by atoms with Crippen LogP contribution in [-0.4, -0.2) is 43.4 Å². The van der Waals surface area contributed by atoms with E-state index >= 15 is 0 Å². The maximum absolute atomic E-state index is 14.0. The minimum Gasteiger partial charge on any atom is -0.496 e. The van der Waals surface area contributed by atoms with Gasteiger partial charge in [0.1, 0.15) is 17.3 Å². The topological polar surface area (TPSA) is 59.1 Å². The summed E-state index contributed by atoms with van der Waals surface area (Å²) in [4.78, 5) is 28.9. The molecule has 0 N–H and O–H groups in total. The molecule has 2 fully saturated rings. The van der Waals surface area contributed by atoms with Crippen LogP contribution in [-0.2, 0) is 11.3 Å². The van der Waals surface area contributed by atoms with Gasteiger partial charge in [-0.15, -0.1) is 0 Å². The number of halogens is 1. The van der Waals surface area contributed by atoms with E-state index in [-0.39, 0.29) is 11.4 Å². The number of methoxy groups -OCH3 is 2. The van der Waals surface area contributed by atoms with Crippen LogP contribution >= 0.6 is 11.8 Å². The minimum atomic E-state index is -0.456. The lowest BCUT2D eigenvalue weighted by Gasteiger charge is -2.22. The first-order valence-corrected chi connectivity index (χ1v) is 10.8. The molecule has 2 aromatic rings. The van der Waals surface area contributed by atoms with Crippen molar-refractivity contribution in [1.29, 1.82) is 0 Å². The van der Waals surface area contributed by atoms with Crippen LogP contribution in [0.2, 0.25) is 0 Å². The van der Waals surface area contributed by atoms with Crippen molar-refractivity contribution in [2.75, 3.05) is 32.2 Å². The summed E-state index contributed by atoms with van der Waals surface area (Å²) < 4.78 is 25.1. The first-order chi connectivity index (χ1) is 15.0. The number of imide groups is 1. The molecule has 0 bridgehead atoms. The lowest BCUT2D eigenvalue weighted by Crippen LogP contribution is -2.27. The largest absolute Gasteiger partial charge is 0.496 e. The molecule has 2 amide bonds. The minimum absolute atomic E-state index is 0.108. The zero-order valence-electron chi connectivity index (χ0n) is 17.4. The van der Waals surface area contributed by atoms with Crippen molar-refractivity contribution < 1.29 is 23.5 Å². The first kappa shape index (κ1) is 21.2. The van der Waals surface area contributed by atoms with E-state index in [0.717, 1.165) is 48.3 Å². The van der Waals surface area contributed by atoms with Gasteiger partial charge in [-0.2, -0.15) is 0 Å². The molecule has 2 heterocycles. The number of benzene rings is 2. The molecule has 4 rings (SSSR count). The highest BCUT2D eigenvalue weighted by Crippen LogP contribution is 2.40. The Morgan fingerprint density at radius 1 is 1.06 bits per heavy atom. The summed E-state index contributed by atoms with van der Waals surface area (Å²) in [6.45, 7) is 1.80. The highest BCUT2D eigenvalue weighted by molar-refractivity contribution is 8.18. The zero-order valence-corrected chi connectivity index (χ0v) is 18.2. The standard InChI is InChI=1S/C23H23FN2O4S/c1-29-19-13-18(25-9-5-6-10-25)20(30-2)11-16(19)12-21-22(27)26(23(28)31-21)14-15-7-3-4-8-17(15)24/h3-4,7-8,11-13H,5-6,9-10,14H2,1-2H3/b21-12-. The van der Waals surface area contributed by atoms with Crippen molar-refractivity contribution >= 4 is 34.7 Å². The molecule has 31 heavy (non-hydrogen) atoms. The quantitative estimate of drug-likeness (QED) is 0.606. The predicted molar refractivity (Wildman–Crippen MR) is 119 cm³/mol. The molecule has 162 valence electrons. The number of carbonyl (C=O) groups is 2. The Bertz CT molecular complexity index is 1050. The van der Waals surface area contributed by atoms with Crippen LogP contribution in [0, 0.1) is 5.82 Å². The molecule has 6 nitrogen and oxygen atoms in total. The second-order valence-corrected chi connectivity index (χ2v) is 8.31. The van der Waals surface area contributed by atoms with Crippen LogP contribution in [0.15, 0.2) is 41.3 Å². The smallest absolute Gasteiger partial charge is 0.293 e. The first-order valence-electron chi connectivity index (χ1n) is 10.0. The Kier molecular flexibility index (Phi) is 6.18. The number of anilines is 1. The molecule has 0 spiro atoms. The van der Waals surface area contributed by atoms with E-state index in [4.69, 9.17) is 9.47 Å². The number of rotatable bonds is 6. The number of hydrogen-bond donors (Lipinski definition) is 0. The third-order valence-corrected chi connectivity index (χ3v) is 6.33. The second kappa shape index (κ2) is 9.01. The molecule has 0 aromatic heterocycles. The number of ether oxygens (including phenoxy) is 2. The maximum atomic E-state index is 14.0. The Balaban J connectivity index is 1.64. The van der Waals surface area contributed by atoms with E-state index in [0.29, 0.717) is 22.6 Å². The highest BCUT2D eigenvalue weighted by Gasteiger charge is 2.35. The van der Waals surface area contributed by atoms with Crippen LogP contribution in [0.25, 0.3) is 6.08 Å². The van der Waals surface area contributed by atoms with Gasteiger partial charge in [0.25, 0.3) is 11.1 Å². The molecule has 0 atom stereocenters. The molecule has 0 radical (unpaired) electrons. The van der Waals surface area contributed by atoms with E-state index in [9.17, 15) is 14.0 Å². The number of nitrogens with zero attached hydrogens (tertiary/aromatic N) is 2. The van der Waals surface area contributed by atoms with Gasteiger partial charge in [-0.25, -0.2) is 4.39 Å². The van der Waals surface area contributed by atoms with E-state index in [2.05, 4.69) is 4.90 Å². The molecular weight excluding hydrogens is 419 g/mol. The number of carbonyl (C=O) groups excluding carboxylic acids is 2. The lowest BCUT2D eigenvalue weighted by molar-refractivity contribution is -0.123. The van der Waals surface area contributed by atoms with Crippen LogP contribution < -0.4 is 14.4 Å². The van der Waals surface area contributed by atoms with Gasteiger partial charge >= 0.3 is 0 Å². The van der Waals surface area contributed by atoms with Crippen molar-refractivity contribution in [3.63, 3.8) is 0 Å². The Morgan fingerprint density at radius 3 is 2.45 bits per heavy atom. The van der Waals surface area contributed by atoms with Crippen LogP contribution in [0.4, 0.5) is 14.9 Å². The zero-order chi connectivity index (χ0) is 22.0. The van der Waals surface area contributed by atoms with E-state index in [1.54, 1.807) is 38.5 Å². The van der Waals surface area contributed by atoms with Crippen molar-refractivity contribution in [3.8, 4) is 11.5 Å². The highest BCUT2D eigenvalue weighted by atomic mass is 32.2. The molecule has 0 unspecified atom stereocenters. The average molecular weight is 443 g/mol. The van der Waals surface area contributed by atoms with Gasteiger partial charge in [0, 0.05) is 30.3 Å². The molecule has 2 aromatic carbocycles. The van der Waals surface area contributed by atoms with Gasteiger partial charge in [-0.05, 0) is 42.8 Å². The van der Waals surface area contributed by atoms with Crippen LogP contribution in [0.3, 0.4) is 0 Å². The Morgan fingerprint density at radius 2 is 1.77 bits per heavy atom. The van der Waals surface area contributed by atoms with Crippen LogP contribution in [0.5, 0.6) is 11.5 Å². The summed E-state index contributed by atoms with van der Waals surface area (Å²) in [7, 11) is 3.17. The van der Waals surface area contributed by atoms with Gasteiger partial charge in [-0.1, -0.05) is 18.2 Å². The summed E-state index contributed by atoms with van der Waals surface area (Å²) >= 11 is 0.833. The molecule has 8 heteroatoms. The number of amides is 2. The molecule has 0 saturated carbocycles. The fourth-order valence-corrected chi connectivity index (χ4v) is 4.63. The molecule has 2 aliphatic rings. The van der Waals surface area contributed by atoms with Crippen molar-refractivity contribution in [2.45, 2.75) is 19.4 Å². The SMILES string of the molecule is COc1cc(N2CCCC2)c(OC)cc1/C=C1\SC(=O)N(Cc2ccccc2F)C1=O. The van der Waals surface area contributed by atoms with Crippen molar-refractivity contribution in [1.82, 2.24) is 4.90 Å². The van der Waals surface area contributed by atoms with E-state index < -0.39 is 17.0 Å². The third-order valence-electron chi connectivity index (χ3n) is 5.42. The van der Waals surface area contributed by atoms with Gasteiger partial charge in [-0.3, -0.25) is 14.5 Å². The average Bonchev–Trinajstić information content (AvgIpc) is 3.39. The fraction of sp³-hybridized carbons (Fsp3) is 0.304.